The number of halogens is 4. The van der Waals surface area contributed by atoms with Gasteiger partial charge in [-0.25, -0.2) is 18.7 Å². The Bertz CT molecular complexity index is 669. The zero-order valence-corrected chi connectivity index (χ0v) is 13.1. The highest BCUT2D eigenvalue weighted by atomic mass is 127. The van der Waals surface area contributed by atoms with Crippen LogP contribution < -0.4 is 10.2 Å². The van der Waals surface area contributed by atoms with Crippen molar-refractivity contribution in [2.75, 3.05) is 24.5 Å². The van der Waals surface area contributed by atoms with Crippen LogP contribution in [0.4, 0.5) is 14.6 Å². The van der Waals surface area contributed by atoms with E-state index in [-0.39, 0.29) is 14.7 Å². The van der Waals surface area contributed by atoms with Crippen molar-refractivity contribution in [1.29, 1.82) is 0 Å². The van der Waals surface area contributed by atoms with Crippen LogP contribution in [-0.2, 0) is 0 Å². The van der Waals surface area contributed by atoms with Gasteiger partial charge in [0.05, 0.1) is 15.1 Å². The lowest BCUT2D eigenvalue weighted by atomic mass is 10.2. The minimum Gasteiger partial charge on any atom is -0.340 e. The first-order chi connectivity index (χ1) is 9.56. The molecule has 1 aromatic carbocycles. The van der Waals surface area contributed by atoms with Crippen LogP contribution in [0.5, 0.6) is 0 Å². The van der Waals surface area contributed by atoms with Gasteiger partial charge in [-0.15, -0.1) is 0 Å². The average molecular weight is 411 g/mol. The molecule has 4 nitrogen and oxygen atoms in total. The molecule has 20 heavy (non-hydrogen) atoms. The number of hydrogen-bond donors (Lipinski definition) is 1. The van der Waals surface area contributed by atoms with Crippen molar-refractivity contribution in [2.45, 2.75) is 4.05 Å². The van der Waals surface area contributed by atoms with Crippen LogP contribution in [0, 0.1) is 11.6 Å². The van der Waals surface area contributed by atoms with Gasteiger partial charge in [0.25, 0.3) is 0 Å². The van der Waals surface area contributed by atoms with Crippen molar-refractivity contribution in [3.05, 3.63) is 28.9 Å². The topological polar surface area (TPSA) is 41.1 Å². The molecule has 8 heteroatoms. The molecule has 0 spiro atoms. The number of rotatable bonds is 1. The number of piperazine rings is 1. The molecule has 1 aromatic heterocycles. The summed E-state index contributed by atoms with van der Waals surface area (Å²) in [4.78, 5) is 10.5. The Kier molecular flexibility index (Phi) is 3.91. The standard InChI is InChI=1S/C12H10ClF2IN4/c13-11-12(20-2-1-17-5-10(20)16)19-9-4-7(15)6(14)3-8(9)18-11/h3-4,10,17H,1-2,5H2. The van der Waals surface area contributed by atoms with Crippen molar-refractivity contribution in [1.82, 2.24) is 15.3 Å². The largest absolute Gasteiger partial charge is 0.340 e. The Balaban J connectivity index is 2.11. The highest BCUT2D eigenvalue weighted by Crippen LogP contribution is 2.29. The Hall–Kier alpha value is -0.800. The van der Waals surface area contributed by atoms with Gasteiger partial charge in [-0.3, -0.25) is 0 Å². The van der Waals surface area contributed by atoms with Crippen LogP contribution >= 0.6 is 34.2 Å². The van der Waals surface area contributed by atoms with Crippen molar-refractivity contribution in [2.24, 2.45) is 0 Å². The van der Waals surface area contributed by atoms with Crippen LogP contribution in [0.2, 0.25) is 5.15 Å². The molecular weight excluding hydrogens is 401 g/mol. The molecule has 0 radical (unpaired) electrons. The summed E-state index contributed by atoms with van der Waals surface area (Å²) < 4.78 is 26.7. The van der Waals surface area contributed by atoms with E-state index in [4.69, 9.17) is 11.6 Å². The van der Waals surface area contributed by atoms with Crippen molar-refractivity contribution >= 4 is 51.0 Å². The molecule has 1 fully saturated rings. The monoisotopic (exact) mass is 410 g/mol. The van der Waals surface area contributed by atoms with E-state index in [1.54, 1.807) is 0 Å². The molecule has 2 heterocycles. The fraction of sp³-hybridized carbons (Fsp3) is 0.333. The van der Waals surface area contributed by atoms with Gasteiger partial charge in [-0.1, -0.05) is 34.2 Å². The molecule has 0 bridgehead atoms. The molecule has 0 aliphatic carbocycles. The van der Waals surface area contributed by atoms with E-state index in [1.165, 1.54) is 0 Å². The molecule has 1 atom stereocenters. The second kappa shape index (κ2) is 5.53. The summed E-state index contributed by atoms with van der Waals surface area (Å²) in [5.41, 5.74) is 0.545. The van der Waals surface area contributed by atoms with Gasteiger partial charge in [0.15, 0.2) is 22.6 Å². The van der Waals surface area contributed by atoms with Crippen molar-refractivity contribution in [3.8, 4) is 0 Å². The van der Waals surface area contributed by atoms with Gasteiger partial charge < -0.3 is 10.2 Å². The summed E-state index contributed by atoms with van der Waals surface area (Å²) in [6.45, 7) is 2.35. The third-order valence-electron chi connectivity index (χ3n) is 3.10. The Labute approximate surface area is 132 Å². The fourth-order valence-corrected chi connectivity index (χ4v) is 3.21. The lowest BCUT2D eigenvalue weighted by Gasteiger charge is -2.33. The van der Waals surface area contributed by atoms with Crippen LogP contribution in [-0.4, -0.2) is 33.7 Å². The SMILES string of the molecule is Fc1cc2nc(Cl)c(N3CCNCC3I)nc2cc1F. The van der Waals surface area contributed by atoms with E-state index < -0.39 is 11.6 Å². The summed E-state index contributed by atoms with van der Waals surface area (Å²) in [6.07, 6.45) is 0. The first kappa shape index (κ1) is 14.2. The van der Waals surface area contributed by atoms with E-state index in [0.29, 0.717) is 11.3 Å². The summed E-state index contributed by atoms with van der Waals surface area (Å²) >= 11 is 8.42. The van der Waals surface area contributed by atoms with Crippen molar-refractivity contribution < 1.29 is 8.78 Å². The third-order valence-corrected chi connectivity index (χ3v) is 4.47. The molecule has 1 aliphatic heterocycles. The van der Waals surface area contributed by atoms with Gasteiger partial charge in [-0.05, 0) is 0 Å². The van der Waals surface area contributed by atoms with Crippen molar-refractivity contribution in [3.63, 3.8) is 0 Å². The molecule has 2 aromatic rings. The summed E-state index contributed by atoms with van der Waals surface area (Å²) in [5, 5.41) is 3.46. The maximum absolute atomic E-state index is 13.3. The van der Waals surface area contributed by atoms with Gasteiger partial charge in [-0.2, -0.15) is 0 Å². The van der Waals surface area contributed by atoms with Crippen LogP contribution in [0.25, 0.3) is 11.0 Å². The second-order valence-electron chi connectivity index (χ2n) is 4.43. The minimum atomic E-state index is -0.954. The predicted molar refractivity (Wildman–Crippen MR) is 82.5 cm³/mol. The number of fused-ring (bicyclic) bond motifs is 1. The maximum Gasteiger partial charge on any atom is 0.172 e. The lowest BCUT2D eigenvalue weighted by molar-refractivity contribution is 0.510. The van der Waals surface area contributed by atoms with E-state index in [2.05, 4.69) is 37.9 Å². The number of hydrogen-bond acceptors (Lipinski definition) is 4. The first-order valence-corrected chi connectivity index (χ1v) is 7.62. The highest BCUT2D eigenvalue weighted by Gasteiger charge is 2.24. The van der Waals surface area contributed by atoms with Gasteiger partial charge >= 0.3 is 0 Å². The molecule has 1 aliphatic rings. The number of aromatic nitrogens is 2. The van der Waals surface area contributed by atoms with Gasteiger partial charge in [0.2, 0.25) is 0 Å². The van der Waals surface area contributed by atoms with E-state index in [9.17, 15) is 8.78 Å². The van der Waals surface area contributed by atoms with E-state index >= 15 is 0 Å². The molecular formula is C12H10ClF2IN4. The molecule has 0 amide bonds. The summed E-state index contributed by atoms with van der Waals surface area (Å²) in [7, 11) is 0. The Morgan fingerprint density at radius 3 is 2.55 bits per heavy atom. The number of alkyl halides is 1. The van der Waals surface area contributed by atoms with E-state index in [0.717, 1.165) is 31.8 Å². The molecule has 1 unspecified atom stereocenters. The van der Waals surface area contributed by atoms with Crippen LogP contribution in [0.15, 0.2) is 12.1 Å². The molecule has 0 saturated carbocycles. The number of benzene rings is 1. The maximum atomic E-state index is 13.3. The molecule has 1 saturated heterocycles. The van der Waals surface area contributed by atoms with Crippen LogP contribution in [0.3, 0.4) is 0 Å². The average Bonchev–Trinajstić information content (AvgIpc) is 2.41. The number of anilines is 1. The first-order valence-electron chi connectivity index (χ1n) is 6.00. The second-order valence-corrected chi connectivity index (χ2v) is 6.22. The molecule has 1 N–H and O–H groups in total. The van der Waals surface area contributed by atoms with E-state index in [1.807, 2.05) is 4.90 Å². The third kappa shape index (κ3) is 2.53. The van der Waals surface area contributed by atoms with Gasteiger partial charge in [0.1, 0.15) is 0 Å². The summed E-state index contributed by atoms with van der Waals surface area (Å²) in [6, 6.07) is 2.05. The summed E-state index contributed by atoms with van der Waals surface area (Å²) in [5.74, 6) is -1.39. The zero-order valence-electron chi connectivity index (χ0n) is 10.2. The Morgan fingerprint density at radius 2 is 1.90 bits per heavy atom. The fourth-order valence-electron chi connectivity index (χ4n) is 2.11. The normalized spacial score (nSPS) is 19.6. The molecule has 3 rings (SSSR count). The highest BCUT2D eigenvalue weighted by molar-refractivity contribution is 14.1. The predicted octanol–water partition coefficient (Wildman–Crippen LogP) is 2.73. The van der Waals surface area contributed by atoms with Crippen LogP contribution in [0.1, 0.15) is 0 Å². The minimum absolute atomic E-state index is 0.177. The van der Waals surface area contributed by atoms with Gasteiger partial charge in [0, 0.05) is 31.8 Å². The zero-order chi connectivity index (χ0) is 14.3. The number of nitrogens with zero attached hydrogens (tertiary/aromatic N) is 3. The molecule has 106 valence electrons. The Morgan fingerprint density at radius 1 is 1.25 bits per heavy atom. The quantitative estimate of drug-likeness (QED) is 0.446. The smallest absolute Gasteiger partial charge is 0.172 e. The lowest BCUT2D eigenvalue weighted by Crippen LogP contribution is -2.48. The number of nitrogens with one attached hydrogen (secondary N) is 1.